The maximum atomic E-state index is 5.83. The number of thioether (sulfide) groups is 1. The molecule has 0 bridgehead atoms. The second kappa shape index (κ2) is 5.17. The van der Waals surface area contributed by atoms with Crippen LogP contribution in [0.5, 0.6) is 0 Å². The number of hydrogen-bond acceptors (Lipinski definition) is 4. The monoisotopic (exact) mass is 284 g/mol. The van der Waals surface area contributed by atoms with Crippen molar-refractivity contribution in [3.63, 3.8) is 0 Å². The van der Waals surface area contributed by atoms with Gasteiger partial charge >= 0.3 is 0 Å². The molecular formula is C15H16N4S. The summed E-state index contributed by atoms with van der Waals surface area (Å²) in [6, 6.07) is 6.59. The predicted octanol–water partition coefficient (Wildman–Crippen LogP) is 3.22. The number of nitrogens with two attached hydrogens (primary N) is 1. The molecule has 0 fully saturated rings. The highest BCUT2D eigenvalue weighted by atomic mass is 32.2. The molecule has 20 heavy (non-hydrogen) atoms. The fourth-order valence-electron chi connectivity index (χ4n) is 2.32. The Morgan fingerprint density at radius 2 is 1.95 bits per heavy atom. The highest BCUT2D eigenvalue weighted by Crippen LogP contribution is 2.26. The Bertz CT molecular complexity index is 743. The number of nitrogen functional groups attached to an aromatic ring is 1. The van der Waals surface area contributed by atoms with Crippen LogP contribution in [0.25, 0.3) is 5.65 Å². The minimum absolute atomic E-state index is 0.512. The third kappa shape index (κ3) is 2.63. The van der Waals surface area contributed by atoms with Crippen molar-refractivity contribution in [3.05, 3.63) is 53.5 Å². The molecule has 0 atom stereocenters. The zero-order valence-electron chi connectivity index (χ0n) is 11.5. The first-order chi connectivity index (χ1) is 9.61. The second-order valence-electron chi connectivity index (χ2n) is 4.91. The van der Waals surface area contributed by atoms with Gasteiger partial charge in [-0.3, -0.25) is 0 Å². The van der Waals surface area contributed by atoms with Crippen LogP contribution in [0.3, 0.4) is 0 Å². The lowest BCUT2D eigenvalue weighted by molar-refractivity contribution is 1.04. The van der Waals surface area contributed by atoms with Crippen LogP contribution in [0.4, 0.5) is 5.82 Å². The molecule has 5 heteroatoms. The topological polar surface area (TPSA) is 56.2 Å². The van der Waals surface area contributed by atoms with Gasteiger partial charge in [0.2, 0.25) is 0 Å². The Morgan fingerprint density at radius 3 is 2.70 bits per heavy atom. The van der Waals surface area contributed by atoms with Gasteiger partial charge in [0.1, 0.15) is 10.8 Å². The third-order valence-electron chi connectivity index (χ3n) is 3.02. The van der Waals surface area contributed by atoms with E-state index in [4.69, 9.17) is 5.73 Å². The van der Waals surface area contributed by atoms with E-state index >= 15 is 0 Å². The molecule has 0 unspecified atom stereocenters. The van der Waals surface area contributed by atoms with E-state index in [1.54, 1.807) is 24.2 Å². The van der Waals surface area contributed by atoms with Gasteiger partial charge in [-0.15, -0.1) is 0 Å². The Kier molecular flexibility index (Phi) is 3.36. The van der Waals surface area contributed by atoms with Crippen molar-refractivity contribution >= 4 is 23.2 Å². The predicted molar refractivity (Wildman–Crippen MR) is 82.9 cm³/mol. The summed E-state index contributed by atoms with van der Waals surface area (Å²) in [6.07, 6.45) is 5.43. The van der Waals surface area contributed by atoms with Crippen LogP contribution in [0.15, 0.2) is 41.8 Å². The zero-order chi connectivity index (χ0) is 14.1. The lowest BCUT2D eigenvalue weighted by Gasteiger charge is -2.06. The molecule has 3 rings (SSSR count). The maximum absolute atomic E-state index is 5.83. The molecule has 102 valence electrons. The third-order valence-corrected chi connectivity index (χ3v) is 4.04. The number of rotatable bonds is 3. The van der Waals surface area contributed by atoms with Crippen molar-refractivity contribution in [2.45, 2.75) is 24.6 Å². The number of aromatic nitrogens is 3. The van der Waals surface area contributed by atoms with Crippen LogP contribution in [-0.2, 0) is 5.75 Å². The molecule has 2 aromatic heterocycles. The molecule has 0 amide bonds. The highest BCUT2D eigenvalue weighted by Gasteiger charge is 2.07. The van der Waals surface area contributed by atoms with Crippen molar-refractivity contribution in [1.82, 2.24) is 14.4 Å². The molecular weight excluding hydrogens is 268 g/mol. The molecule has 0 spiro atoms. The Labute approximate surface area is 122 Å². The smallest absolute Gasteiger partial charge is 0.169 e. The SMILES string of the molecule is Cc1cc(C)cc(CSc2nc(N)cn3ccnc23)c1. The molecule has 0 radical (unpaired) electrons. The van der Waals surface area contributed by atoms with Gasteiger partial charge in [-0.1, -0.05) is 41.1 Å². The van der Waals surface area contributed by atoms with Gasteiger partial charge < -0.3 is 10.1 Å². The number of fused-ring (bicyclic) bond motifs is 1. The van der Waals surface area contributed by atoms with Crippen LogP contribution < -0.4 is 5.73 Å². The van der Waals surface area contributed by atoms with Crippen molar-refractivity contribution < 1.29 is 0 Å². The first kappa shape index (κ1) is 13.0. The summed E-state index contributed by atoms with van der Waals surface area (Å²) in [5.74, 6) is 1.38. The Balaban J connectivity index is 1.88. The minimum atomic E-state index is 0.512. The van der Waals surface area contributed by atoms with Gasteiger partial charge in [0.15, 0.2) is 5.65 Å². The largest absolute Gasteiger partial charge is 0.382 e. The molecule has 0 aliphatic carbocycles. The summed E-state index contributed by atoms with van der Waals surface area (Å²) in [4.78, 5) is 8.72. The summed E-state index contributed by atoms with van der Waals surface area (Å²) in [5.41, 5.74) is 10.5. The van der Waals surface area contributed by atoms with E-state index < -0.39 is 0 Å². The fraction of sp³-hybridized carbons (Fsp3) is 0.200. The van der Waals surface area contributed by atoms with Crippen molar-refractivity contribution in [1.29, 1.82) is 0 Å². The van der Waals surface area contributed by atoms with E-state index in [2.05, 4.69) is 42.0 Å². The van der Waals surface area contributed by atoms with E-state index in [0.717, 1.165) is 16.4 Å². The van der Waals surface area contributed by atoms with E-state index in [-0.39, 0.29) is 0 Å². The number of aryl methyl sites for hydroxylation is 2. The van der Waals surface area contributed by atoms with Gasteiger partial charge in [-0.2, -0.15) is 0 Å². The minimum Gasteiger partial charge on any atom is -0.382 e. The summed E-state index contributed by atoms with van der Waals surface area (Å²) in [6.45, 7) is 4.24. The summed E-state index contributed by atoms with van der Waals surface area (Å²) >= 11 is 1.66. The second-order valence-corrected chi connectivity index (χ2v) is 5.88. The fourth-order valence-corrected chi connectivity index (χ4v) is 3.25. The molecule has 0 saturated carbocycles. The Hall–Kier alpha value is -2.01. The Morgan fingerprint density at radius 1 is 1.20 bits per heavy atom. The van der Waals surface area contributed by atoms with Gasteiger partial charge in [0, 0.05) is 18.1 Å². The first-order valence-electron chi connectivity index (χ1n) is 6.41. The number of nitrogens with zero attached hydrogens (tertiary/aromatic N) is 3. The zero-order valence-corrected chi connectivity index (χ0v) is 12.3. The molecule has 3 aromatic rings. The summed E-state index contributed by atoms with van der Waals surface area (Å²) < 4.78 is 1.91. The molecule has 0 saturated heterocycles. The molecule has 1 aromatic carbocycles. The summed E-state index contributed by atoms with van der Waals surface area (Å²) in [5, 5.41) is 0.870. The van der Waals surface area contributed by atoms with E-state index in [0.29, 0.717) is 5.82 Å². The maximum Gasteiger partial charge on any atom is 0.169 e. The molecule has 2 heterocycles. The van der Waals surface area contributed by atoms with Gasteiger partial charge in [0.25, 0.3) is 0 Å². The van der Waals surface area contributed by atoms with Crippen LogP contribution in [-0.4, -0.2) is 14.4 Å². The summed E-state index contributed by atoms with van der Waals surface area (Å²) in [7, 11) is 0. The average molecular weight is 284 g/mol. The van der Waals surface area contributed by atoms with Crippen LogP contribution in [0.1, 0.15) is 16.7 Å². The lowest BCUT2D eigenvalue weighted by Crippen LogP contribution is -1.97. The van der Waals surface area contributed by atoms with Crippen molar-refractivity contribution in [2.75, 3.05) is 5.73 Å². The normalized spacial score (nSPS) is 11.1. The van der Waals surface area contributed by atoms with Crippen LogP contribution in [0.2, 0.25) is 0 Å². The van der Waals surface area contributed by atoms with Gasteiger partial charge in [-0.05, 0) is 19.4 Å². The molecule has 0 aliphatic rings. The number of hydrogen-bond donors (Lipinski definition) is 1. The van der Waals surface area contributed by atoms with Crippen LogP contribution >= 0.6 is 11.8 Å². The van der Waals surface area contributed by atoms with Gasteiger partial charge in [0.05, 0.1) is 6.20 Å². The first-order valence-corrected chi connectivity index (χ1v) is 7.39. The number of anilines is 1. The van der Waals surface area contributed by atoms with E-state index in [9.17, 15) is 0 Å². The molecule has 0 aliphatic heterocycles. The standard InChI is InChI=1S/C15H16N4S/c1-10-5-11(2)7-12(6-10)9-20-15-14-17-3-4-19(14)8-13(16)18-15/h3-8H,9,16H2,1-2H3. The molecule has 2 N–H and O–H groups in total. The van der Waals surface area contributed by atoms with Crippen molar-refractivity contribution in [3.8, 4) is 0 Å². The quantitative estimate of drug-likeness (QED) is 0.750. The number of benzene rings is 1. The highest BCUT2D eigenvalue weighted by molar-refractivity contribution is 7.98. The van der Waals surface area contributed by atoms with Crippen molar-refractivity contribution in [2.24, 2.45) is 0 Å². The van der Waals surface area contributed by atoms with Gasteiger partial charge in [-0.25, -0.2) is 9.97 Å². The van der Waals surface area contributed by atoms with E-state index in [1.165, 1.54) is 16.7 Å². The average Bonchev–Trinajstić information content (AvgIpc) is 2.82. The van der Waals surface area contributed by atoms with E-state index in [1.807, 2.05) is 10.6 Å². The molecule has 4 nitrogen and oxygen atoms in total. The number of imidazole rings is 1. The lowest BCUT2D eigenvalue weighted by atomic mass is 10.1. The van der Waals surface area contributed by atoms with Crippen LogP contribution in [0, 0.1) is 13.8 Å².